The molecule has 5 nitrogen and oxygen atoms in total. The molecule has 0 fully saturated rings. The van der Waals surface area contributed by atoms with Crippen molar-refractivity contribution in [3.05, 3.63) is 72.1 Å². The Bertz CT molecular complexity index is 934. The molecule has 0 spiro atoms. The number of anilines is 1. The minimum absolute atomic E-state index is 0.600. The Morgan fingerprint density at radius 1 is 1.12 bits per heavy atom. The van der Waals surface area contributed by atoms with Crippen LogP contribution in [0.1, 0.15) is 17.7 Å². The van der Waals surface area contributed by atoms with E-state index >= 15 is 0 Å². The van der Waals surface area contributed by atoms with Crippen LogP contribution in [0.15, 0.2) is 60.8 Å². The number of aromatic amines is 1. The number of H-pyrrole nitrogens is 1. The van der Waals surface area contributed by atoms with Crippen LogP contribution in [0, 0.1) is 0 Å². The molecule has 5 N–H and O–H groups in total. The number of nitrogens with two attached hydrogens (primary N) is 1. The molecule has 0 bridgehead atoms. The average molecular weight is 331 g/mol. The molecule has 0 radical (unpaired) electrons. The maximum atomic E-state index is 6.20. The first-order valence-electron chi connectivity index (χ1n) is 8.47. The van der Waals surface area contributed by atoms with E-state index in [2.05, 4.69) is 51.2 Å². The lowest BCUT2D eigenvalue weighted by atomic mass is 10.0. The van der Waals surface area contributed by atoms with Crippen LogP contribution in [0.2, 0.25) is 0 Å². The standard InChI is InChI=1S/C20H21N5/c21-18(20-17-3-1-2-4-19(17)24-25-20)13-23-16-7-5-14(6-8-16)15-9-11-22-12-10-15/h1-9,13,22-23H,10-12,21H2,(H,24,25)/b18-13-. The SMILES string of the molecule is N/C(=C\Nc1ccc(C2=CCNCC2)cc1)c1n[nH]c2ccccc12. The van der Waals surface area contributed by atoms with Crippen LogP contribution in [0.4, 0.5) is 5.69 Å². The van der Waals surface area contributed by atoms with E-state index in [4.69, 9.17) is 5.73 Å². The fourth-order valence-corrected chi connectivity index (χ4v) is 3.08. The van der Waals surface area contributed by atoms with Crippen LogP contribution in [-0.4, -0.2) is 23.3 Å². The monoisotopic (exact) mass is 331 g/mol. The van der Waals surface area contributed by atoms with Crippen LogP contribution in [0.25, 0.3) is 22.2 Å². The zero-order valence-corrected chi connectivity index (χ0v) is 13.9. The normalized spacial score (nSPS) is 15.2. The van der Waals surface area contributed by atoms with Crippen molar-refractivity contribution in [2.75, 3.05) is 18.4 Å². The molecular weight excluding hydrogens is 310 g/mol. The van der Waals surface area contributed by atoms with Gasteiger partial charge in [-0.05, 0) is 42.3 Å². The van der Waals surface area contributed by atoms with E-state index < -0.39 is 0 Å². The highest BCUT2D eigenvalue weighted by Gasteiger charge is 2.08. The Labute approximate surface area is 146 Å². The first-order valence-corrected chi connectivity index (χ1v) is 8.47. The summed E-state index contributed by atoms with van der Waals surface area (Å²) in [6.07, 6.45) is 5.12. The van der Waals surface area contributed by atoms with Gasteiger partial charge in [-0.2, -0.15) is 5.10 Å². The summed E-state index contributed by atoms with van der Waals surface area (Å²) in [5, 5.41) is 14.9. The third-order valence-corrected chi connectivity index (χ3v) is 4.46. The zero-order chi connectivity index (χ0) is 17.1. The first kappa shape index (κ1) is 15.5. The predicted molar refractivity (Wildman–Crippen MR) is 104 cm³/mol. The van der Waals surface area contributed by atoms with Gasteiger partial charge >= 0.3 is 0 Å². The second kappa shape index (κ2) is 6.83. The maximum absolute atomic E-state index is 6.20. The molecule has 0 amide bonds. The minimum atomic E-state index is 0.600. The summed E-state index contributed by atoms with van der Waals surface area (Å²) in [6.45, 7) is 1.99. The van der Waals surface area contributed by atoms with E-state index in [0.29, 0.717) is 5.70 Å². The number of aromatic nitrogens is 2. The number of nitrogens with zero attached hydrogens (tertiary/aromatic N) is 1. The van der Waals surface area contributed by atoms with Gasteiger partial charge in [0.2, 0.25) is 0 Å². The van der Waals surface area contributed by atoms with Gasteiger partial charge in [0.05, 0.1) is 11.2 Å². The summed E-state index contributed by atoms with van der Waals surface area (Å²) in [5.74, 6) is 0. The van der Waals surface area contributed by atoms with Crippen LogP contribution in [0.3, 0.4) is 0 Å². The van der Waals surface area contributed by atoms with Crippen LogP contribution in [-0.2, 0) is 0 Å². The van der Waals surface area contributed by atoms with Gasteiger partial charge in [0, 0.05) is 23.8 Å². The highest BCUT2D eigenvalue weighted by molar-refractivity contribution is 5.89. The van der Waals surface area contributed by atoms with Crippen molar-refractivity contribution in [3.8, 4) is 0 Å². The molecular formula is C20H21N5. The molecule has 0 aliphatic carbocycles. The summed E-state index contributed by atoms with van der Waals surface area (Å²) < 4.78 is 0. The number of rotatable bonds is 4. The Morgan fingerprint density at radius 2 is 1.96 bits per heavy atom. The van der Waals surface area contributed by atoms with Gasteiger partial charge < -0.3 is 16.4 Å². The van der Waals surface area contributed by atoms with Gasteiger partial charge in [-0.25, -0.2) is 0 Å². The Balaban J connectivity index is 1.50. The molecule has 0 saturated carbocycles. The van der Waals surface area contributed by atoms with Gasteiger partial charge in [-0.15, -0.1) is 0 Å². The van der Waals surface area contributed by atoms with Crippen molar-refractivity contribution < 1.29 is 0 Å². The van der Waals surface area contributed by atoms with E-state index in [9.17, 15) is 0 Å². The van der Waals surface area contributed by atoms with Crippen molar-refractivity contribution in [1.82, 2.24) is 15.5 Å². The number of para-hydroxylation sites is 1. The molecule has 25 heavy (non-hydrogen) atoms. The average Bonchev–Trinajstić information content (AvgIpc) is 3.11. The lowest BCUT2D eigenvalue weighted by Crippen LogP contribution is -2.19. The van der Waals surface area contributed by atoms with Gasteiger partial charge in [0.25, 0.3) is 0 Å². The fourth-order valence-electron chi connectivity index (χ4n) is 3.08. The minimum Gasteiger partial charge on any atom is -0.396 e. The molecule has 3 aromatic rings. The molecule has 0 saturated heterocycles. The molecule has 4 rings (SSSR count). The lowest BCUT2D eigenvalue weighted by molar-refractivity contribution is 0.738. The molecule has 1 aliphatic heterocycles. The van der Waals surface area contributed by atoms with E-state index in [1.807, 2.05) is 24.3 Å². The summed E-state index contributed by atoms with van der Waals surface area (Å²) >= 11 is 0. The summed E-state index contributed by atoms with van der Waals surface area (Å²) in [4.78, 5) is 0. The van der Waals surface area contributed by atoms with Crippen LogP contribution in [0.5, 0.6) is 0 Å². The Hall–Kier alpha value is -3.05. The van der Waals surface area contributed by atoms with E-state index in [1.165, 1.54) is 11.1 Å². The van der Waals surface area contributed by atoms with E-state index in [0.717, 1.165) is 41.8 Å². The molecule has 0 atom stereocenters. The lowest BCUT2D eigenvalue weighted by Gasteiger charge is -2.14. The van der Waals surface area contributed by atoms with E-state index in [1.54, 1.807) is 6.20 Å². The zero-order valence-electron chi connectivity index (χ0n) is 13.9. The summed E-state index contributed by atoms with van der Waals surface area (Å²) in [7, 11) is 0. The maximum Gasteiger partial charge on any atom is 0.117 e. The molecule has 1 aromatic heterocycles. The van der Waals surface area contributed by atoms with Crippen molar-refractivity contribution in [2.24, 2.45) is 5.73 Å². The van der Waals surface area contributed by atoms with Crippen molar-refractivity contribution in [2.45, 2.75) is 6.42 Å². The van der Waals surface area contributed by atoms with Crippen LogP contribution < -0.4 is 16.4 Å². The number of fused-ring (bicyclic) bond motifs is 1. The summed E-state index contributed by atoms with van der Waals surface area (Å²) in [5.41, 5.74) is 12.2. The quantitative estimate of drug-likeness (QED) is 0.591. The molecule has 2 heterocycles. The number of nitrogens with one attached hydrogen (secondary N) is 3. The fraction of sp³-hybridized carbons (Fsp3) is 0.150. The second-order valence-corrected chi connectivity index (χ2v) is 6.12. The Kier molecular flexibility index (Phi) is 4.23. The van der Waals surface area contributed by atoms with Gasteiger partial charge in [0.15, 0.2) is 0 Å². The topological polar surface area (TPSA) is 78.8 Å². The predicted octanol–water partition coefficient (Wildman–Crippen LogP) is 3.31. The second-order valence-electron chi connectivity index (χ2n) is 6.12. The van der Waals surface area contributed by atoms with Gasteiger partial charge in [-0.1, -0.05) is 36.4 Å². The van der Waals surface area contributed by atoms with Gasteiger partial charge in [0.1, 0.15) is 5.69 Å². The van der Waals surface area contributed by atoms with Crippen molar-refractivity contribution >= 4 is 27.9 Å². The third-order valence-electron chi connectivity index (χ3n) is 4.46. The third kappa shape index (κ3) is 3.27. The number of hydrogen-bond acceptors (Lipinski definition) is 4. The highest BCUT2D eigenvalue weighted by Crippen LogP contribution is 2.22. The van der Waals surface area contributed by atoms with Gasteiger partial charge in [-0.3, -0.25) is 5.10 Å². The first-order chi connectivity index (χ1) is 12.3. The Morgan fingerprint density at radius 3 is 2.76 bits per heavy atom. The molecule has 2 aromatic carbocycles. The number of hydrogen-bond donors (Lipinski definition) is 4. The highest BCUT2D eigenvalue weighted by atomic mass is 15.1. The molecule has 5 heteroatoms. The molecule has 1 aliphatic rings. The smallest absolute Gasteiger partial charge is 0.117 e. The van der Waals surface area contributed by atoms with E-state index in [-0.39, 0.29) is 0 Å². The summed E-state index contributed by atoms with van der Waals surface area (Å²) in [6, 6.07) is 16.4. The molecule has 126 valence electrons. The van der Waals surface area contributed by atoms with Crippen molar-refractivity contribution in [1.29, 1.82) is 0 Å². The number of benzene rings is 2. The van der Waals surface area contributed by atoms with Crippen LogP contribution >= 0.6 is 0 Å². The largest absolute Gasteiger partial charge is 0.396 e. The molecule has 0 unspecified atom stereocenters. The van der Waals surface area contributed by atoms with Crippen molar-refractivity contribution in [3.63, 3.8) is 0 Å².